The van der Waals surface area contributed by atoms with Gasteiger partial charge in [0.05, 0.1) is 0 Å². The van der Waals surface area contributed by atoms with Gasteiger partial charge < -0.3 is 20.1 Å². The molecule has 0 aromatic rings. The van der Waals surface area contributed by atoms with Gasteiger partial charge in [-0.05, 0) is 6.80 Å². The molecule has 2 N–H and O–H groups in total. The third kappa shape index (κ3) is 6.46. The average Bonchev–Trinajstić information content (AvgIpc) is 1.59. The molecule has 50 valence electrons. The predicted octanol–water partition coefficient (Wildman–Crippen LogP) is -1.49. The van der Waals surface area contributed by atoms with Crippen molar-refractivity contribution in [1.82, 2.24) is 0 Å². The second-order valence-electron chi connectivity index (χ2n) is 1.07. The summed E-state index contributed by atoms with van der Waals surface area (Å²) >= 11 is 0.353. The Labute approximate surface area is 51.4 Å². The topological polar surface area (TPSA) is 89.2 Å². The Morgan fingerprint density at radius 2 is 2.12 bits per heavy atom. The highest BCUT2D eigenvalue weighted by atomic mass is 32.7. The van der Waals surface area contributed by atoms with Crippen LogP contribution in [0.3, 0.4) is 0 Å². The van der Waals surface area contributed by atoms with Crippen LogP contribution in [0, 0.1) is 0 Å². The van der Waals surface area contributed by atoms with Crippen molar-refractivity contribution >= 4 is 18.2 Å². The lowest BCUT2D eigenvalue weighted by Gasteiger charge is -2.27. The summed E-state index contributed by atoms with van der Waals surface area (Å²) < 4.78 is 9.77. The molecule has 0 aromatic heterocycles. The number of rotatable bonds is 3. The Morgan fingerprint density at radius 1 is 1.62 bits per heavy atom. The summed E-state index contributed by atoms with van der Waals surface area (Å²) in [7, 11) is 0. The number of hydrogen-bond donors (Lipinski definition) is 1. The van der Waals surface area contributed by atoms with Crippen molar-refractivity contribution in [2.24, 2.45) is 5.73 Å². The van der Waals surface area contributed by atoms with Gasteiger partial charge in [-0.25, -0.2) is 0 Å². The second kappa shape index (κ2) is 3.48. The number of nitrogens with two attached hydrogens (primary N) is 1. The molecular weight excluding hydrogens is 149 g/mol. The summed E-state index contributed by atoms with van der Waals surface area (Å²) in [6, 6.07) is 0. The van der Waals surface area contributed by atoms with E-state index in [2.05, 4.69) is 0 Å². The standard InChI is InChI=1S/C2H8NO3PS/c3-1-2-8-7(4,5)6/h1-3H2,(H2,4,5,6)/p-2. The van der Waals surface area contributed by atoms with Gasteiger partial charge in [0.1, 0.15) is 0 Å². The Hall–Kier alpha value is 0.460. The molecule has 0 amide bonds. The van der Waals surface area contributed by atoms with E-state index in [9.17, 15) is 14.4 Å². The zero-order valence-corrected chi connectivity index (χ0v) is 5.78. The molecule has 0 fully saturated rings. The summed E-state index contributed by atoms with van der Waals surface area (Å²) in [6.07, 6.45) is 0. The molecule has 0 unspecified atom stereocenters. The highest BCUT2D eigenvalue weighted by molar-refractivity contribution is 8.53. The van der Waals surface area contributed by atoms with Gasteiger partial charge >= 0.3 is 0 Å². The summed E-state index contributed by atoms with van der Waals surface area (Å²) in [4.78, 5) is 19.5. The first-order valence-electron chi connectivity index (χ1n) is 1.93. The van der Waals surface area contributed by atoms with Gasteiger partial charge in [0, 0.05) is 12.3 Å². The quantitative estimate of drug-likeness (QED) is 0.501. The summed E-state index contributed by atoms with van der Waals surface area (Å²) in [5, 5.41) is 0. The fourth-order valence-corrected chi connectivity index (χ4v) is 1.48. The van der Waals surface area contributed by atoms with Crippen molar-refractivity contribution in [1.29, 1.82) is 0 Å². The van der Waals surface area contributed by atoms with Crippen molar-refractivity contribution in [3.05, 3.63) is 0 Å². The molecule has 4 nitrogen and oxygen atoms in total. The average molecular weight is 155 g/mol. The lowest BCUT2D eigenvalue weighted by atomic mass is 10.8. The summed E-state index contributed by atoms with van der Waals surface area (Å²) in [6.45, 7) is -4.12. The third-order valence-electron chi connectivity index (χ3n) is 0.367. The van der Waals surface area contributed by atoms with Crippen molar-refractivity contribution in [3.63, 3.8) is 0 Å². The van der Waals surface area contributed by atoms with Crippen LogP contribution in [0.25, 0.3) is 0 Å². The van der Waals surface area contributed by atoms with E-state index < -0.39 is 6.80 Å². The largest absolute Gasteiger partial charge is 0.803 e. The van der Waals surface area contributed by atoms with E-state index in [0.717, 1.165) is 0 Å². The fraction of sp³-hybridized carbons (Fsp3) is 1.00. The molecular formula is C2H6NO3PS-2. The predicted molar refractivity (Wildman–Crippen MR) is 29.1 cm³/mol. The molecule has 8 heavy (non-hydrogen) atoms. The van der Waals surface area contributed by atoms with Gasteiger partial charge in [-0.3, -0.25) is 0 Å². The fourth-order valence-electron chi connectivity index (χ4n) is 0.165. The van der Waals surface area contributed by atoms with Gasteiger partial charge in [-0.2, -0.15) is 0 Å². The SMILES string of the molecule is NCCSP(=O)([O-])[O-]. The zero-order chi connectivity index (χ0) is 6.62. The van der Waals surface area contributed by atoms with Crippen LogP contribution in [0.2, 0.25) is 0 Å². The molecule has 0 saturated heterocycles. The lowest BCUT2D eigenvalue weighted by molar-refractivity contribution is -0.302. The Bertz CT molecular complexity index is 101. The van der Waals surface area contributed by atoms with Gasteiger partial charge in [0.2, 0.25) is 0 Å². The first-order valence-corrected chi connectivity index (χ1v) is 5.06. The maximum Gasteiger partial charge on any atom is 0.0105 e. The van der Waals surface area contributed by atoms with E-state index in [1.165, 1.54) is 0 Å². The minimum absolute atomic E-state index is 0.185. The van der Waals surface area contributed by atoms with Crippen molar-refractivity contribution in [3.8, 4) is 0 Å². The van der Waals surface area contributed by atoms with E-state index >= 15 is 0 Å². The van der Waals surface area contributed by atoms with E-state index in [1.54, 1.807) is 0 Å². The molecule has 0 aliphatic carbocycles. The molecule has 0 spiro atoms. The van der Waals surface area contributed by atoms with E-state index in [0.29, 0.717) is 11.4 Å². The maximum absolute atomic E-state index is 9.77. The van der Waals surface area contributed by atoms with Gasteiger partial charge in [-0.15, -0.1) is 11.4 Å². The highest BCUT2D eigenvalue weighted by Gasteiger charge is 1.87. The highest BCUT2D eigenvalue weighted by Crippen LogP contribution is 2.40. The van der Waals surface area contributed by atoms with Crippen LogP contribution in [0.4, 0.5) is 0 Å². The van der Waals surface area contributed by atoms with Crippen LogP contribution >= 0.6 is 18.2 Å². The molecule has 0 aliphatic heterocycles. The van der Waals surface area contributed by atoms with E-state index in [1.807, 2.05) is 0 Å². The summed E-state index contributed by atoms with van der Waals surface area (Å²) in [5.74, 6) is 0.185. The first-order chi connectivity index (χ1) is 3.56. The summed E-state index contributed by atoms with van der Waals surface area (Å²) in [5.41, 5.74) is 4.92. The zero-order valence-electron chi connectivity index (χ0n) is 4.07. The molecule has 0 heterocycles. The van der Waals surface area contributed by atoms with E-state index in [4.69, 9.17) is 5.73 Å². The second-order valence-corrected chi connectivity index (χ2v) is 4.75. The maximum atomic E-state index is 9.77. The monoisotopic (exact) mass is 155 g/mol. The van der Waals surface area contributed by atoms with Gasteiger partial charge in [0.25, 0.3) is 0 Å². The van der Waals surface area contributed by atoms with Gasteiger partial charge in [-0.1, -0.05) is 0 Å². The third-order valence-corrected chi connectivity index (χ3v) is 2.60. The molecule has 0 bridgehead atoms. The molecule has 0 aliphatic rings. The van der Waals surface area contributed by atoms with Crippen LogP contribution < -0.4 is 15.5 Å². The van der Waals surface area contributed by atoms with Gasteiger partial charge in [0.15, 0.2) is 0 Å². The van der Waals surface area contributed by atoms with Crippen molar-refractivity contribution in [2.45, 2.75) is 0 Å². The Balaban J connectivity index is 3.26. The van der Waals surface area contributed by atoms with Crippen LogP contribution in [-0.2, 0) is 4.57 Å². The smallest absolute Gasteiger partial charge is 0.0105 e. The van der Waals surface area contributed by atoms with Crippen LogP contribution in [-0.4, -0.2) is 12.3 Å². The Morgan fingerprint density at radius 3 is 2.25 bits per heavy atom. The molecule has 0 aromatic carbocycles. The van der Waals surface area contributed by atoms with E-state index in [-0.39, 0.29) is 12.3 Å². The molecule has 0 saturated carbocycles. The molecule has 6 heteroatoms. The normalized spacial score (nSPS) is 11.9. The lowest BCUT2D eigenvalue weighted by Crippen LogP contribution is -2.12. The molecule has 0 atom stereocenters. The number of hydrogen-bond acceptors (Lipinski definition) is 5. The Kier molecular flexibility index (Phi) is 3.68. The minimum Gasteiger partial charge on any atom is -0.803 e. The van der Waals surface area contributed by atoms with Crippen molar-refractivity contribution < 1.29 is 14.4 Å². The molecule has 0 radical (unpaired) electrons. The van der Waals surface area contributed by atoms with Crippen LogP contribution in [0.1, 0.15) is 0 Å². The van der Waals surface area contributed by atoms with Crippen LogP contribution in [0.15, 0.2) is 0 Å². The van der Waals surface area contributed by atoms with Crippen LogP contribution in [0.5, 0.6) is 0 Å². The van der Waals surface area contributed by atoms with Crippen molar-refractivity contribution in [2.75, 3.05) is 12.3 Å². The minimum atomic E-state index is -4.35. The first kappa shape index (κ1) is 8.46. The molecule has 0 rings (SSSR count).